The van der Waals surface area contributed by atoms with Gasteiger partial charge in [0, 0.05) is 17.4 Å². The molecule has 0 saturated heterocycles. The van der Waals surface area contributed by atoms with Gasteiger partial charge in [-0.25, -0.2) is 4.79 Å². The molecule has 4 N–H and O–H groups in total. The van der Waals surface area contributed by atoms with E-state index >= 15 is 0 Å². The second-order valence-corrected chi connectivity index (χ2v) is 7.81. The molecule has 0 aliphatic carbocycles. The zero-order valence-electron chi connectivity index (χ0n) is 16.6. The molecule has 3 aromatic carbocycles. The highest BCUT2D eigenvalue weighted by Gasteiger charge is 2.14. The van der Waals surface area contributed by atoms with Gasteiger partial charge in [-0.15, -0.1) is 11.8 Å². The number of hydrogen-bond donors (Lipinski definition) is 3. The SMILES string of the molecule is NC(=O)CSc1ccccc1NC(=O)NCCC(c1ccccc1)c1ccccc1. The summed E-state index contributed by atoms with van der Waals surface area (Å²) in [4.78, 5) is 24.3. The average Bonchev–Trinajstić information content (AvgIpc) is 2.77. The van der Waals surface area contributed by atoms with Crippen molar-refractivity contribution in [1.82, 2.24) is 5.32 Å². The topological polar surface area (TPSA) is 84.2 Å². The molecule has 0 spiro atoms. The summed E-state index contributed by atoms with van der Waals surface area (Å²) in [6.45, 7) is 0.525. The smallest absolute Gasteiger partial charge is 0.319 e. The molecule has 30 heavy (non-hydrogen) atoms. The molecule has 6 heteroatoms. The monoisotopic (exact) mass is 419 g/mol. The number of carbonyl (C=O) groups is 2. The summed E-state index contributed by atoms with van der Waals surface area (Å²) >= 11 is 1.30. The van der Waals surface area contributed by atoms with E-state index in [1.807, 2.05) is 54.6 Å². The zero-order chi connectivity index (χ0) is 21.2. The van der Waals surface area contributed by atoms with Crippen LogP contribution in [0.3, 0.4) is 0 Å². The van der Waals surface area contributed by atoms with Crippen molar-refractivity contribution in [1.29, 1.82) is 0 Å². The van der Waals surface area contributed by atoms with Gasteiger partial charge in [0.25, 0.3) is 0 Å². The Balaban J connectivity index is 1.60. The maximum Gasteiger partial charge on any atom is 0.319 e. The van der Waals surface area contributed by atoms with Crippen molar-refractivity contribution in [3.05, 3.63) is 96.1 Å². The van der Waals surface area contributed by atoms with Gasteiger partial charge in [0.2, 0.25) is 5.91 Å². The highest BCUT2D eigenvalue weighted by atomic mass is 32.2. The predicted molar refractivity (Wildman–Crippen MR) is 123 cm³/mol. The van der Waals surface area contributed by atoms with Crippen molar-refractivity contribution in [3.8, 4) is 0 Å². The second kappa shape index (κ2) is 11.1. The second-order valence-electron chi connectivity index (χ2n) is 6.79. The van der Waals surface area contributed by atoms with Crippen molar-refractivity contribution in [2.24, 2.45) is 5.73 Å². The third kappa shape index (κ3) is 6.39. The summed E-state index contributed by atoms with van der Waals surface area (Å²) in [6.07, 6.45) is 0.777. The Morgan fingerprint density at radius 3 is 2.00 bits per heavy atom. The van der Waals surface area contributed by atoms with Gasteiger partial charge >= 0.3 is 6.03 Å². The molecule has 0 aromatic heterocycles. The lowest BCUT2D eigenvalue weighted by Crippen LogP contribution is -2.30. The molecule has 0 atom stereocenters. The lowest BCUT2D eigenvalue weighted by Gasteiger charge is -2.19. The van der Waals surface area contributed by atoms with E-state index in [4.69, 9.17) is 5.73 Å². The molecule has 0 heterocycles. The van der Waals surface area contributed by atoms with Crippen molar-refractivity contribution in [3.63, 3.8) is 0 Å². The first kappa shape index (κ1) is 21.5. The minimum Gasteiger partial charge on any atom is -0.369 e. The fourth-order valence-electron chi connectivity index (χ4n) is 3.24. The number of urea groups is 1. The maximum atomic E-state index is 12.4. The van der Waals surface area contributed by atoms with E-state index in [2.05, 4.69) is 34.9 Å². The molecule has 3 aromatic rings. The Bertz CT molecular complexity index is 925. The molecule has 154 valence electrons. The summed E-state index contributed by atoms with van der Waals surface area (Å²) in [5.41, 5.74) is 8.32. The van der Waals surface area contributed by atoms with Crippen molar-refractivity contribution in [2.75, 3.05) is 17.6 Å². The van der Waals surface area contributed by atoms with Gasteiger partial charge in [-0.3, -0.25) is 4.79 Å². The van der Waals surface area contributed by atoms with Gasteiger partial charge in [0.15, 0.2) is 0 Å². The fraction of sp³-hybridized carbons (Fsp3) is 0.167. The summed E-state index contributed by atoms with van der Waals surface area (Å²) in [7, 11) is 0. The zero-order valence-corrected chi connectivity index (χ0v) is 17.4. The highest BCUT2D eigenvalue weighted by Crippen LogP contribution is 2.28. The summed E-state index contributed by atoms with van der Waals surface area (Å²) < 4.78 is 0. The number of primary amides is 1. The molecule has 3 amide bonds. The predicted octanol–water partition coefficient (Wildman–Crippen LogP) is 4.61. The maximum absolute atomic E-state index is 12.4. The van der Waals surface area contributed by atoms with Crippen LogP contribution in [-0.4, -0.2) is 24.2 Å². The van der Waals surface area contributed by atoms with Gasteiger partial charge in [0.05, 0.1) is 11.4 Å². The number of thioether (sulfide) groups is 1. The molecular weight excluding hydrogens is 394 g/mol. The number of nitrogens with one attached hydrogen (secondary N) is 2. The van der Waals surface area contributed by atoms with Gasteiger partial charge < -0.3 is 16.4 Å². The van der Waals surface area contributed by atoms with Crippen LogP contribution in [-0.2, 0) is 4.79 Å². The number of carbonyl (C=O) groups excluding carboxylic acids is 2. The molecule has 0 radical (unpaired) electrons. The van der Waals surface area contributed by atoms with Crippen molar-refractivity contribution in [2.45, 2.75) is 17.2 Å². The molecule has 0 fully saturated rings. The van der Waals surface area contributed by atoms with Crippen LogP contribution in [0.5, 0.6) is 0 Å². The van der Waals surface area contributed by atoms with Gasteiger partial charge in [0.1, 0.15) is 0 Å². The fourth-order valence-corrected chi connectivity index (χ4v) is 3.98. The van der Waals surface area contributed by atoms with Crippen LogP contribution >= 0.6 is 11.8 Å². The number of anilines is 1. The molecule has 0 unspecified atom stereocenters. The van der Waals surface area contributed by atoms with Crippen molar-refractivity contribution < 1.29 is 9.59 Å². The lowest BCUT2D eigenvalue weighted by atomic mass is 9.88. The third-order valence-corrected chi connectivity index (χ3v) is 5.72. The van der Waals surface area contributed by atoms with Gasteiger partial charge in [-0.2, -0.15) is 0 Å². The van der Waals surface area contributed by atoms with E-state index in [1.54, 1.807) is 6.07 Å². The largest absolute Gasteiger partial charge is 0.369 e. The van der Waals surface area contributed by atoms with Crippen LogP contribution in [0.15, 0.2) is 89.8 Å². The molecule has 0 saturated carbocycles. The number of amides is 3. The standard InChI is InChI=1S/C24H25N3O2S/c25-23(28)17-30-22-14-8-7-13-21(22)27-24(29)26-16-15-20(18-9-3-1-4-10-18)19-11-5-2-6-12-19/h1-14,20H,15-17H2,(H2,25,28)(H2,26,27,29). The molecule has 0 aliphatic heterocycles. The van der Waals surface area contributed by atoms with E-state index in [-0.39, 0.29) is 17.7 Å². The van der Waals surface area contributed by atoms with Crippen LogP contribution in [0.2, 0.25) is 0 Å². The van der Waals surface area contributed by atoms with Crippen LogP contribution in [0, 0.1) is 0 Å². The van der Waals surface area contributed by atoms with E-state index in [0.29, 0.717) is 12.2 Å². The van der Waals surface area contributed by atoms with E-state index < -0.39 is 5.91 Å². The highest BCUT2D eigenvalue weighted by molar-refractivity contribution is 8.00. The Kier molecular flexibility index (Phi) is 7.92. The number of rotatable bonds is 9. The minimum atomic E-state index is -0.396. The van der Waals surface area contributed by atoms with Gasteiger partial charge in [-0.1, -0.05) is 72.8 Å². The molecular formula is C24H25N3O2S. The van der Waals surface area contributed by atoms with Crippen LogP contribution in [0.25, 0.3) is 0 Å². The number of para-hydroxylation sites is 1. The lowest BCUT2D eigenvalue weighted by molar-refractivity contribution is -0.115. The Morgan fingerprint density at radius 2 is 1.40 bits per heavy atom. The first-order valence-corrected chi connectivity index (χ1v) is 10.8. The Labute approximate surface area is 181 Å². The minimum absolute atomic E-state index is 0.163. The summed E-state index contributed by atoms with van der Waals surface area (Å²) in [5, 5.41) is 5.81. The molecule has 0 bridgehead atoms. The first-order valence-electron chi connectivity index (χ1n) is 9.78. The third-order valence-electron chi connectivity index (χ3n) is 4.63. The number of hydrogen-bond acceptors (Lipinski definition) is 3. The van der Waals surface area contributed by atoms with Crippen LogP contribution in [0.1, 0.15) is 23.5 Å². The normalized spacial score (nSPS) is 10.6. The Morgan fingerprint density at radius 1 is 0.833 bits per heavy atom. The van der Waals surface area contributed by atoms with E-state index in [0.717, 1.165) is 11.3 Å². The van der Waals surface area contributed by atoms with Gasteiger partial charge in [-0.05, 0) is 29.7 Å². The van der Waals surface area contributed by atoms with Crippen molar-refractivity contribution >= 4 is 29.4 Å². The van der Waals surface area contributed by atoms with Crippen LogP contribution in [0.4, 0.5) is 10.5 Å². The van der Waals surface area contributed by atoms with E-state index in [9.17, 15) is 9.59 Å². The molecule has 3 rings (SSSR count). The summed E-state index contributed by atoms with van der Waals surface area (Å²) in [6, 6.07) is 27.7. The molecule has 0 aliphatic rings. The Hall–Kier alpha value is -3.25. The van der Waals surface area contributed by atoms with E-state index in [1.165, 1.54) is 22.9 Å². The number of nitrogens with two attached hydrogens (primary N) is 1. The number of benzene rings is 3. The summed E-state index contributed by atoms with van der Waals surface area (Å²) in [5.74, 6) is -0.0332. The average molecular weight is 420 g/mol. The quantitative estimate of drug-likeness (QED) is 0.443. The first-order chi connectivity index (χ1) is 14.6. The molecule has 5 nitrogen and oxygen atoms in total. The van der Waals surface area contributed by atoms with Crippen LogP contribution < -0.4 is 16.4 Å².